The van der Waals surface area contributed by atoms with Crippen molar-refractivity contribution in [1.29, 1.82) is 0 Å². The number of carbonyl (C=O) groups excluding carboxylic acids is 3. The van der Waals surface area contributed by atoms with Crippen LogP contribution in [-0.2, 0) is 21.4 Å². The molecule has 0 aliphatic carbocycles. The Labute approximate surface area is 173 Å². The number of ketones is 1. The molecule has 30 heavy (non-hydrogen) atoms. The van der Waals surface area contributed by atoms with E-state index in [1.54, 1.807) is 57.3 Å². The lowest BCUT2D eigenvalue weighted by atomic mass is 10.1. The van der Waals surface area contributed by atoms with Crippen LogP contribution < -0.4 is 10.1 Å². The van der Waals surface area contributed by atoms with Crippen molar-refractivity contribution < 1.29 is 23.9 Å². The van der Waals surface area contributed by atoms with E-state index >= 15 is 0 Å². The summed E-state index contributed by atoms with van der Waals surface area (Å²) in [6.45, 7) is 2.70. The molecule has 8 nitrogen and oxygen atoms in total. The van der Waals surface area contributed by atoms with Gasteiger partial charge in [-0.2, -0.15) is 5.10 Å². The first-order chi connectivity index (χ1) is 14.4. The van der Waals surface area contributed by atoms with Crippen molar-refractivity contribution in [2.24, 2.45) is 7.05 Å². The molecule has 8 heteroatoms. The summed E-state index contributed by atoms with van der Waals surface area (Å²) < 4.78 is 12.2. The SMILES string of the molecule is Cc1nn(C)c(C)c1C(=O)C(=O)OCC(=O)Nc1ccccc1Oc1ccccc1. The van der Waals surface area contributed by atoms with Gasteiger partial charge in [0, 0.05) is 12.7 Å². The summed E-state index contributed by atoms with van der Waals surface area (Å²) in [5, 5.41) is 6.73. The van der Waals surface area contributed by atoms with Gasteiger partial charge in [0.25, 0.3) is 11.7 Å². The monoisotopic (exact) mass is 407 g/mol. The van der Waals surface area contributed by atoms with E-state index in [0.717, 1.165) is 0 Å². The molecule has 3 aromatic rings. The lowest BCUT2D eigenvalue weighted by molar-refractivity contribution is -0.142. The number of nitrogens with one attached hydrogen (secondary N) is 1. The van der Waals surface area contributed by atoms with Crippen LogP contribution in [0.25, 0.3) is 0 Å². The van der Waals surface area contributed by atoms with E-state index in [2.05, 4.69) is 10.4 Å². The number of para-hydroxylation sites is 3. The van der Waals surface area contributed by atoms with Gasteiger partial charge in [0.15, 0.2) is 12.4 Å². The second-order valence-corrected chi connectivity index (χ2v) is 6.53. The fraction of sp³-hybridized carbons (Fsp3) is 0.182. The van der Waals surface area contributed by atoms with Gasteiger partial charge in [-0.15, -0.1) is 0 Å². The summed E-state index contributed by atoms with van der Waals surface area (Å²) in [6.07, 6.45) is 0. The van der Waals surface area contributed by atoms with Crippen molar-refractivity contribution >= 4 is 23.3 Å². The first-order valence-corrected chi connectivity index (χ1v) is 9.20. The molecule has 154 valence electrons. The predicted octanol–water partition coefficient (Wildman–Crippen LogP) is 3.19. The predicted molar refractivity (Wildman–Crippen MR) is 110 cm³/mol. The molecule has 1 amide bonds. The second kappa shape index (κ2) is 9.04. The van der Waals surface area contributed by atoms with Crippen LogP contribution in [0.1, 0.15) is 21.7 Å². The van der Waals surface area contributed by atoms with Crippen molar-refractivity contribution in [3.05, 3.63) is 71.5 Å². The van der Waals surface area contributed by atoms with E-state index < -0.39 is 24.3 Å². The third kappa shape index (κ3) is 4.72. The van der Waals surface area contributed by atoms with Crippen molar-refractivity contribution in [3.63, 3.8) is 0 Å². The topological polar surface area (TPSA) is 99.5 Å². The summed E-state index contributed by atoms with van der Waals surface area (Å²) in [6, 6.07) is 16.0. The number of carbonyl (C=O) groups is 3. The molecule has 0 radical (unpaired) electrons. The molecule has 0 bridgehead atoms. The van der Waals surface area contributed by atoms with Crippen LogP contribution in [0.15, 0.2) is 54.6 Å². The van der Waals surface area contributed by atoms with Crippen molar-refractivity contribution in [3.8, 4) is 11.5 Å². The Bertz CT molecular complexity index is 1090. The maximum Gasteiger partial charge on any atom is 0.380 e. The Kier molecular flexibility index (Phi) is 6.26. The summed E-state index contributed by atoms with van der Waals surface area (Å²) in [4.78, 5) is 36.7. The second-order valence-electron chi connectivity index (χ2n) is 6.53. The average molecular weight is 407 g/mol. The first-order valence-electron chi connectivity index (χ1n) is 9.20. The lowest BCUT2D eigenvalue weighted by Crippen LogP contribution is -2.25. The zero-order valence-corrected chi connectivity index (χ0v) is 16.8. The molecule has 2 aromatic carbocycles. The van der Waals surface area contributed by atoms with Gasteiger partial charge < -0.3 is 14.8 Å². The highest BCUT2D eigenvalue weighted by atomic mass is 16.5. The van der Waals surface area contributed by atoms with Crippen LogP contribution in [0.4, 0.5) is 5.69 Å². The van der Waals surface area contributed by atoms with Gasteiger partial charge in [-0.25, -0.2) is 4.79 Å². The number of benzene rings is 2. The Morgan fingerprint density at radius 2 is 1.67 bits per heavy atom. The summed E-state index contributed by atoms with van der Waals surface area (Å²) in [7, 11) is 1.67. The van der Waals surface area contributed by atoms with E-state index in [0.29, 0.717) is 28.6 Å². The number of rotatable bonds is 7. The zero-order valence-electron chi connectivity index (χ0n) is 16.8. The third-order valence-electron chi connectivity index (χ3n) is 4.39. The Morgan fingerprint density at radius 3 is 2.33 bits per heavy atom. The molecule has 1 heterocycles. The minimum absolute atomic E-state index is 0.185. The largest absolute Gasteiger partial charge is 0.455 e. The van der Waals surface area contributed by atoms with Crippen LogP contribution in [0, 0.1) is 13.8 Å². The quantitative estimate of drug-likeness (QED) is 0.367. The van der Waals surface area contributed by atoms with E-state index in [9.17, 15) is 14.4 Å². The normalized spacial score (nSPS) is 10.4. The van der Waals surface area contributed by atoms with E-state index in [1.165, 1.54) is 4.68 Å². The number of Topliss-reactive ketones (excluding diaryl/α,β-unsaturated/α-hetero) is 1. The number of ether oxygens (including phenoxy) is 2. The Balaban J connectivity index is 1.61. The van der Waals surface area contributed by atoms with Gasteiger partial charge >= 0.3 is 5.97 Å². The Morgan fingerprint density at radius 1 is 1.00 bits per heavy atom. The van der Waals surface area contributed by atoms with Crippen molar-refractivity contribution in [2.45, 2.75) is 13.8 Å². The molecule has 0 saturated carbocycles. The molecule has 0 spiro atoms. The molecule has 1 N–H and O–H groups in total. The van der Waals surface area contributed by atoms with E-state index in [1.807, 2.05) is 18.2 Å². The standard InChI is InChI=1S/C22H21N3O5/c1-14-20(15(2)25(3)24-14)21(27)22(28)29-13-19(26)23-17-11-7-8-12-18(17)30-16-9-5-4-6-10-16/h4-12H,13H2,1-3H3,(H,23,26). The van der Waals surface area contributed by atoms with Gasteiger partial charge in [0.05, 0.1) is 16.9 Å². The van der Waals surface area contributed by atoms with Crippen LogP contribution in [0.2, 0.25) is 0 Å². The maximum atomic E-state index is 12.3. The summed E-state index contributed by atoms with van der Waals surface area (Å²) >= 11 is 0. The smallest absolute Gasteiger partial charge is 0.380 e. The van der Waals surface area contributed by atoms with Crippen LogP contribution in [0.3, 0.4) is 0 Å². The fourth-order valence-electron chi connectivity index (χ4n) is 2.86. The lowest BCUT2D eigenvalue weighted by Gasteiger charge is -2.12. The molecule has 0 aliphatic heterocycles. The number of hydrogen-bond donors (Lipinski definition) is 1. The molecule has 0 saturated heterocycles. The minimum atomic E-state index is -1.11. The van der Waals surface area contributed by atoms with Crippen molar-refractivity contribution in [2.75, 3.05) is 11.9 Å². The highest BCUT2D eigenvalue weighted by Crippen LogP contribution is 2.29. The average Bonchev–Trinajstić information content (AvgIpc) is 2.99. The summed E-state index contributed by atoms with van der Waals surface area (Å²) in [5.41, 5.74) is 1.57. The number of anilines is 1. The van der Waals surface area contributed by atoms with Crippen LogP contribution >= 0.6 is 0 Å². The van der Waals surface area contributed by atoms with Crippen LogP contribution in [0.5, 0.6) is 11.5 Å². The molecule has 0 fully saturated rings. The minimum Gasteiger partial charge on any atom is -0.455 e. The van der Waals surface area contributed by atoms with Crippen molar-refractivity contribution in [1.82, 2.24) is 9.78 Å². The summed E-state index contributed by atoms with van der Waals surface area (Å²) in [5.74, 6) is -1.50. The molecule has 1 aromatic heterocycles. The van der Waals surface area contributed by atoms with Crippen LogP contribution in [-0.4, -0.2) is 34.0 Å². The molecule has 0 unspecified atom stereocenters. The highest BCUT2D eigenvalue weighted by molar-refractivity contribution is 6.41. The number of amides is 1. The van der Waals surface area contributed by atoms with Gasteiger partial charge in [0.1, 0.15) is 5.75 Å². The third-order valence-corrected chi connectivity index (χ3v) is 4.39. The molecular weight excluding hydrogens is 386 g/mol. The molecule has 0 aliphatic rings. The van der Waals surface area contributed by atoms with E-state index in [-0.39, 0.29) is 5.56 Å². The number of aromatic nitrogens is 2. The van der Waals surface area contributed by atoms with E-state index in [4.69, 9.17) is 9.47 Å². The maximum absolute atomic E-state index is 12.3. The highest BCUT2D eigenvalue weighted by Gasteiger charge is 2.26. The van der Waals surface area contributed by atoms with Gasteiger partial charge in [-0.1, -0.05) is 30.3 Å². The number of hydrogen-bond acceptors (Lipinski definition) is 6. The molecular formula is C22H21N3O5. The molecule has 0 atom stereocenters. The van der Waals surface area contributed by atoms with Gasteiger partial charge in [-0.3, -0.25) is 14.3 Å². The fourth-order valence-corrected chi connectivity index (χ4v) is 2.86. The number of aryl methyl sites for hydroxylation is 2. The number of nitrogens with zero attached hydrogens (tertiary/aromatic N) is 2. The first kappa shape index (κ1) is 20.8. The Hall–Kier alpha value is -3.94. The zero-order chi connectivity index (χ0) is 21.7. The van der Waals surface area contributed by atoms with Gasteiger partial charge in [-0.05, 0) is 38.1 Å². The van der Waals surface area contributed by atoms with Gasteiger partial charge in [0.2, 0.25) is 0 Å². The number of esters is 1. The molecule has 3 rings (SSSR count).